The van der Waals surface area contributed by atoms with E-state index in [1.165, 1.54) is 6.92 Å². The summed E-state index contributed by atoms with van der Waals surface area (Å²) in [6, 6.07) is 0.105. The number of rotatable bonds is 5. The first-order valence-electron chi connectivity index (χ1n) is 5.76. The van der Waals surface area contributed by atoms with Crippen LogP contribution < -0.4 is 5.32 Å². The number of hydrogen-bond acceptors (Lipinski definition) is 2. The second-order valence-electron chi connectivity index (χ2n) is 4.00. The van der Waals surface area contributed by atoms with Gasteiger partial charge in [-0.2, -0.15) is 18.3 Å². The number of alkyl halides is 3. The summed E-state index contributed by atoms with van der Waals surface area (Å²) in [5.74, 6) is -0.333. The molecule has 1 unspecified atom stereocenters. The van der Waals surface area contributed by atoms with Gasteiger partial charge in [-0.1, -0.05) is 13.3 Å². The monoisotopic (exact) mass is 263 g/mol. The van der Waals surface area contributed by atoms with Crippen molar-refractivity contribution in [3.05, 3.63) is 18.0 Å². The molecule has 0 aliphatic carbocycles. The SMILES string of the molecule is CCCCNC(=O)C(C)n1ccc(C(F)(F)F)n1. The number of nitrogens with zero attached hydrogens (tertiary/aromatic N) is 2. The third kappa shape index (κ3) is 3.75. The average molecular weight is 263 g/mol. The van der Waals surface area contributed by atoms with E-state index in [-0.39, 0.29) is 5.91 Å². The van der Waals surface area contributed by atoms with Crippen LogP contribution >= 0.6 is 0 Å². The molecule has 1 atom stereocenters. The molecule has 4 nitrogen and oxygen atoms in total. The number of hydrogen-bond donors (Lipinski definition) is 1. The van der Waals surface area contributed by atoms with E-state index in [1.807, 2.05) is 6.92 Å². The van der Waals surface area contributed by atoms with Crippen molar-refractivity contribution < 1.29 is 18.0 Å². The predicted octanol–water partition coefficient (Wildman–Crippen LogP) is 2.38. The third-order valence-corrected chi connectivity index (χ3v) is 2.50. The first-order valence-corrected chi connectivity index (χ1v) is 5.76. The fraction of sp³-hybridized carbons (Fsp3) is 0.636. The van der Waals surface area contributed by atoms with E-state index >= 15 is 0 Å². The molecular formula is C11H16F3N3O. The lowest BCUT2D eigenvalue weighted by Crippen LogP contribution is -2.32. The summed E-state index contributed by atoms with van der Waals surface area (Å²) in [5.41, 5.74) is -0.990. The molecule has 0 saturated heterocycles. The largest absolute Gasteiger partial charge is 0.435 e. The van der Waals surface area contributed by atoms with Crippen LogP contribution in [0.15, 0.2) is 12.3 Å². The Labute approximate surface area is 103 Å². The number of unbranched alkanes of at least 4 members (excludes halogenated alkanes) is 1. The first-order chi connectivity index (χ1) is 8.36. The molecule has 0 aliphatic rings. The van der Waals surface area contributed by atoms with Gasteiger partial charge in [-0.15, -0.1) is 0 Å². The topological polar surface area (TPSA) is 46.9 Å². The molecule has 18 heavy (non-hydrogen) atoms. The molecule has 0 saturated carbocycles. The van der Waals surface area contributed by atoms with Gasteiger partial charge in [-0.05, 0) is 19.4 Å². The zero-order valence-corrected chi connectivity index (χ0v) is 10.3. The molecule has 0 aliphatic heterocycles. The summed E-state index contributed by atoms with van der Waals surface area (Å²) < 4.78 is 38.0. The smallest absolute Gasteiger partial charge is 0.354 e. The van der Waals surface area contributed by atoms with Gasteiger partial charge in [0, 0.05) is 12.7 Å². The van der Waals surface area contributed by atoms with Crippen molar-refractivity contribution in [2.75, 3.05) is 6.54 Å². The van der Waals surface area contributed by atoms with Crippen molar-refractivity contribution in [2.24, 2.45) is 0 Å². The van der Waals surface area contributed by atoms with Crippen LogP contribution in [0.2, 0.25) is 0 Å². The van der Waals surface area contributed by atoms with Crippen molar-refractivity contribution in [1.82, 2.24) is 15.1 Å². The summed E-state index contributed by atoms with van der Waals surface area (Å²) >= 11 is 0. The van der Waals surface area contributed by atoms with Crippen LogP contribution in [0.1, 0.15) is 38.4 Å². The molecule has 1 aromatic heterocycles. The highest BCUT2D eigenvalue weighted by atomic mass is 19.4. The normalized spacial score (nSPS) is 13.4. The molecule has 1 amide bonds. The Balaban J connectivity index is 2.64. The number of carbonyl (C=O) groups excluding carboxylic acids is 1. The van der Waals surface area contributed by atoms with Crippen LogP contribution in [-0.2, 0) is 11.0 Å². The molecule has 7 heteroatoms. The molecule has 1 aromatic rings. The molecule has 0 spiro atoms. The Morgan fingerprint density at radius 3 is 2.72 bits per heavy atom. The van der Waals surface area contributed by atoms with Crippen LogP contribution in [0, 0.1) is 0 Å². The minimum absolute atomic E-state index is 0.333. The number of amides is 1. The maximum absolute atomic E-state index is 12.3. The van der Waals surface area contributed by atoms with Gasteiger partial charge in [-0.25, -0.2) is 0 Å². The van der Waals surface area contributed by atoms with E-state index in [0.717, 1.165) is 29.8 Å². The molecule has 1 heterocycles. The zero-order valence-electron chi connectivity index (χ0n) is 10.3. The van der Waals surface area contributed by atoms with Crippen LogP contribution in [0.25, 0.3) is 0 Å². The molecule has 1 rings (SSSR count). The van der Waals surface area contributed by atoms with Crippen molar-refractivity contribution in [3.8, 4) is 0 Å². The van der Waals surface area contributed by atoms with E-state index < -0.39 is 17.9 Å². The molecular weight excluding hydrogens is 247 g/mol. The molecule has 0 radical (unpaired) electrons. The van der Waals surface area contributed by atoms with Gasteiger partial charge in [0.15, 0.2) is 5.69 Å². The molecule has 0 fully saturated rings. The standard InChI is InChI=1S/C11H16F3N3O/c1-3-4-6-15-10(18)8(2)17-7-5-9(16-17)11(12,13)14/h5,7-8H,3-4,6H2,1-2H3,(H,15,18). The van der Waals surface area contributed by atoms with Gasteiger partial charge < -0.3 is 5.32 Å². The molecule has 0 bridgehead atoms. The Morgan fingerprint density at radius 2 is 2.22 bits per heavy atom. The summed E-state index contributed by atoms with van der Waals surface area (Å²) in [4.78, 5) is 11.6. The summed E-state index contributed by atoms with van der Waals surface area (Å²) in [7, 11) is 0. The van der Waals surface area contributed by atoms with Crippen molar-refractivity contribution in [1.29, 1.82) is 0 Å². The van der Waals surface area contributed by atoms with Crippen LogP contribution in [-0.4, -0.2) is 22.2 Å². The number of nitrogens with one attached hydrogen (secondary N) is 1. The van der Waals surface area contributed by atoms with Crippen molar-refractivity contribution >= 4 is 5.91 Å². The fourth-order valence-electron chi connectivity index (χ4n) is 1.36. The highest BCUT2D eigenvalue weighted by molar-refractivity contribution is 5.79. The van der Waals surface area contributed by atoms with Crippen LogP contribution in [0.3, 0.4) is 0 Å². The molecule has 1 N–H and O–H groups in total. The van der Waals surface area contributed by atoms with Crippen LogP contribution in [0.5, 0.6) is 0 Å². The lowest BCUT2D eigenvalue weighted by molar-refractivity contribution is -0.142. The maximum Gasteiger partial charge on any atom is 0.435 e. The second-order valence-corrected chi connectivity index (χ2v) is 4.00. The van der Waals surface area contributed by atoms with E-state index in [0.29, 0.717) is 6.54 Å². The summed E-state index contributed by atoms with van der Waals surface area (Å²) in [5, 5.41) is 6.01. The van der Waals surface area contributed by atoms with Crippen molar-refractivity contribution in [2.45, 2.75) is 38.9 Å². The molecule has 102 valence electrons. The van der Waals surface area contributed by atoms with E-state index in [9.17, 15) is 18.0 Å². The van der Waals surface area contributed by atoms with Gasteiger partial charge in [-0.3, -0.25) is 9.48 Å². The van der Waals surface area contributed by atoms with Gasteiger partial charge >= 0.3 is 6.18 Å². The van der Waals surface area contributed by atoms with E-state index in [1.54, 1.807) is 0 Å². The number of aromatic nitrogens is 2. The highest BCUT2D eigenvalue weighted by Gasteiger charge is 2.34. The third-order valence-electron chi connectivity index (χ3n) is 2.50. The minimum Gasteiger partial charge on any atom is -0.354 e. The van der Waals surface area contributed by atoms with Crippen LogP contribution in [0.4, 0.5) is 13.2 Å². The van der Waals surface area contributed by atoms with Crippen molar-refractivity contribution in [3.63, 3.8) is 0 Å². The lowest BCUT2D eigenvalue weighted by Gasteiger charge is -2.12. The Hall–Kier alpha value is -1.53. The molecule has 0 aromatic carbocycles. The predicted molar refractivity (Wildman–Crippen MR) is 59.9 cm³/mol. The number of halogens is 3. The Bertz CT molecular complexity index is 400. The minimum atomic E-state index is -4.48. The number of carbonyl (C=O) groups is 1. The zero-order chi connectivity index (χ0) is 13.8. The van der Waals surface area contributed by atoms with Gasteiger partial charge in [0.25, 0.3) is 0 Å². The fourth-order valence-corrected chi connectivity index (χ4v) is 1.36. The van der Waals surface area contributed by atoms with E-state index in [4.69, 9.17) is 0 Å². The van der Waals surface area contributed by atoms with Gasteiger partial charge in [0.2, 0.25) is 5.91 Å². The maximum atomic E-state index is 12.3. The average Bonchev–Trinajstić information content (AvgIpc) is 2.77. The van der Waals surface area contributed by atoms with Gasteiger partial charge in [0.05, 0.1) is 0 Å². The second kappa shape index (κ2) is 5.88. The summed E-state index contributed by atoms with van der Waals surface area (Å²) in [6.07, 6.45) is -1.55. The highest BCUT2D eigenvalue weighted by Crippen LogP contribution is 2.27. The summed E-state index contributed by atoms with van der Waals surface area (Å²) in [6.45, 7) is 4.01. The Morgan fingerprint density at radius 1 is 1.56 bits per heavy atom. The quantitative estimate of drug-likeness (QED) is 0.829. The van der Waals surface area contributed by atoms with Gasteiger partial charge in [0.1, 0.15) is 6.04 Å². The van der Waals surface area contributed by atoms with E-state index in [2.05, 4.69) is 10.4 Å². The first kappa shape index (κ1) is 14.5. The Kier molecular flexibility index (Phi) is 4.75. The lowest BCUT2D eigenvalue weighted by atomic mass is 10.3.